The average molecular weight is 287 g/mol. The van der Waals surface area contributed by atoms with Crippen LogP contribution in [0.25, 0.3) is 0 Å². The summed E-state index contributed by atoms with van der Waals surface area (Å²) in [6, 6.07) is 3.19. The van der Waals surface area contributed by atoms with Crippen LogP contribution in [-0.4, -0.2) is 16.6 Å². The van der Waals surface area contributed by atoms with Crippen molar-refractivity contribution in [2.45, 2.75) is 44.3 Å². The number of carboxylic acids is 1. The van der Waals surface area contributed by atoms with Gasteiger partial charge in [0.1, 0.15) is 0 Å². The first kappa shape index (κ1) is 14.7. The van der Waals surface area contributed by atoms with Gasteiger partial charge >= 0.3 is 12.1 Å². The number of nitrogens with one attached hydrogen (secondary N) is 1. The molecule has 1 saturated carbocycles. The van der Waals surface area contributed by atoms with Crippen LogP contribution in [-0.2, 0) is 6.18 Å². The van der Waals surface area contributed by atoms with E-state index in [4.69, 9.17) is 5.11 Å². The minimum absolute atomic E-state index is 0.102. The van der Waals surface area contributed by atoms with Crippen molar-refractivity contribution in [3.8, 4) is 0 Å². The van der Waals surface area contributed by atoms with E-state index in [-0.39, 0.29) is 5.54 Å². The van der Waals surface area contributed by atoms with E-state index >= 15 is 0 Å². The van der Waals surface area contributed by atoms with Crippen LogP contribution in [0.4, 0.5) is 18.9 Å². The Balaban J connectivity index is 2.33. The number of alkyl halides is 3. The zero-order valence-electron chi connectivity index (χ0n) is 11.0. The molecule has 1 fully saturated rings. The number of anilines is 1. The summed E-state index contributed by atoms with van der Waals surface area (Å²) in [5, 5.41) is 12.1. The summed E-state index contributed by atoms with van der Waals surface area (Å²) in [5.74, 6) is -1.57. The van der Waals surface area contributed by atoms with Crippen molar-refractivity contribution in [1.82, 2.24) is 0 Å². The number of benzene rings is 1. The van der Waals surface area contributed by atoms with Gasteiger partial charge in [-0.2, -0.15) is 13.2 Å². The number of halogens is 3. The predicted molar refractivity (Wildman–Crippen MR) is 68.9 cm³/mol. The van der Waals surface area contributed by atoms with Crippen LogP contribution in [0.3, 0.4) is 0 Å². The van der Waals surface area contributed by atoms with Gasteiger partial charge in [0, 0.05) is 11.2 Å². The van der Waals surface area contributed by atoms with Crippen molar-refractivity contribution in [3.05, 3.63) is 29.3 Å². The first-order valence-electron chi connectivity index (χ1n) is 6.50. The quantitative estimate of drug-likeness (QED) is 0.874. The first-order chi connectivity index (χ1) is 9.27. The fourth-order valence-electron chi connectivity index (χ4n) is 2.52. The summed E-state index contributed by atoms with van der Waals surface area (Å²) in [7, 11) is 0. The Kier molecular flexibility index (Phi) is 3.67. The Bertz CT molecular complexity index is 516. The van der Waals surface area contributed by atoms with Crippen LogP contribution in [0.15, 0.2) is 18.2 Å². The highest BCUT2D eigenvalue weighted by Gasteiger charge is 2.37. The summed E-state index contributed by atoms with van der Waals surface area (Å²) < 4.78 is 38.2. The van der Waals surface area contributed by atoms with Gasteiger partial charge in [-0.05, 0) is 43.9 Å². The zero-order chi connectivity index (χ0) is 15.0. The molecular formula is C14H16F3NO2. The minimum atomic E-state index is -4.66. The Morgan fingerprint density at radius 2 is 2.05 bits per heavy atom. The molecule has 0 heterocycles. The second kappa shape index (κ2) is 5.00. The van der Waals surface area contributed by atoms with Crippen molar-refractivity contribution >= 4 is 11.7 Å². The van der Waals surface area contributed by atoms with Gasteiger partial charge in [-0.25, -0.2) is 4.79 Å². The monoisotopic (exact) mass is 287 g/mol. The molecule has 0 radical (unpaired) electrons. The SMILES string of the molecule is CCC1(Nc2ccc(C(F)(F)F)c(C(=O)O)c2)CCC1. The molecule has 2 rings (SSSR count). The molecule has 0 unspecified atom stereocenters. The van der Waals surface area contributed by atoms with Crippen molar-refractivity contribution in [2.75, 3.05) is 5.32 Å². The Labute approximate surface area is 114 Å². The molecule has 20 heavy (non-hydrogen) atoms. The topological polar surface area (TPSA) is 49.3 Å². The Morgan fingerprint density at radius 1 is 1.40 bits per heavy atom. The lowest BCUT2D eigenvalue weighted by molar-refractivity contribution is -0.138. The van der Waals surface area contributed by atoms with Gasteiger partial charge < -0.3 is 10.4 Å². The van der Waals surface area contributed by atoms with E-state index < -0.39 is 23.3 Å². The predicted octanol–water partition coefficient (Wildman–Crippen LogP) is 4.15. The van der Waals surface area contributed by atoms with Gasteiger partial charge in [0.2, 0.25) is 0 Å². The van der Waals surface area contributed by atoms with Crippen molar-refractivity contribution < 1.29 is 23.1 Å². The Morgan fingerprint density at radius 3 is 2.45 bits per heavy atom. The maximum absolute atomic E-state index is 12.7. The average Bonchev–Trinajstić information content (AvgIpc) is 2.32. The lowest BCUT2D eigenvalue weighted by Gasteiger charge is -2.43. The summed E-state index contributed by atoms with van der Waals surface area (Å²) in [6.07, 6.45) is -0.825. The van der Waals surface area contributed by atoms with E-state index in [2.05, 4.69) is 5.32 Å². The summed E-state index contributed by atoms with van der Waals surface area (Å²) in [6.45, 7) is 2.01. The van der Waals surface area contributed by atoms with Gasteiger partial charge in [0.05, 0.1) is 11.1 Å². The highest BCUT2D eigenvalue weighted by Crippen LogP contribution is 2.39. The molecule has 0 saturated heterocycles. The molecule has 1 aromatic carbocycles. The minimum Gasteiger partial charge on any atom is -0.478 e. The molecular weight excluding hydrogens is 271 g/mol. The molecule has 3 nitrogen and oxygen atoms in total. The molecule has 0 aliphatic heterocycles. The van der Waals surface area contributed by atoms with E-state index in [1.54, 1.807) is 0 Å². The standard InChI is InChI=1S/C14H16F3NO2/c1-2-13(6-3-7-13)18-9-4-5-11(14(15,16)17)10(8-9)12(19)20/h4-5,8,18H,2-3,6-7H2,1H3,(H,19,20). The molecule has 2 N–H and O–H groups in total. The molecule has 0 amide bonds. The summed E-state index contributed by atoms with van der Waals surface area (Å²) in [5.41, 5.74) is -1.50. The van der Waals surface area contributed by atoms with Gasteiger partial charge in [-0.15, -0.1) is 0 Å². The maximum atomic E-state index is 12.7. The summed E-state index contributed by atoms with van der Waals surface area (Å²) in [4.78, 5) is 11.0. The fraction of sp³-hybridized carbons (Fsp3) is 0.500. The lowest BCUT2D eigenvalue weighted by atomic mass is 9.74. The molecule has 1 aliphatic rings. The number of hydrogen-bond donors (Lipinski definition) is 2. The van der Waals surface area contributed by atoms with Gasteiger partial charge in [0.25, 0.3) is 0 Å². The third-order valence-electron chi connectivity index (χ3n) is 3.95. The molecule has 110 valence electrons. The number of rotatable bonds is 4. The third-order valence-corrected chi connectivity index (χ3v) is 3.95. The van der Waals surface area contributed by atoms with Crippen LogP contribution >= 0.6 is 0 Å². The van der Waals surface area contributed by atoms with E-state index in [0.717, 1.165) is 37.8 Å². The van der Waals surface area contributed by atoms with Gasteiger partial charge in [-0.1, -0.05) is 6.92 Å². The molecule has 1 aromatic rings. The third kappa shape index (κ3) is 2.73. The maximum Gasteiger partial charge on any atom is 0.417 e. The number of aromatic carboxylic acids is 1. The van der Waals surface area contributed by atoms with E-state index in [9.17, 15) is 18.0 Å². The second-order valence-corrected chi connectivity index (χ2v) is 5.18. The molecule has 0 aromatic heterocycles. The molecule has 0 spiro atoms. The first-order valence-corrected chi connectivity index (χ1v) is 6.50. The number of carbonyl (C=O) groups is 1. The molecule has 1 aliphatic carbocycles. The van der Waals surface area contributed by atoms with Crippen LogP contribution in [0, 0.1) is 0 Å². The summed E-state index contributed by atoms with van der Waals surface area (Å²) >= 11 is 0. The molecule has 0 atom stereocenters. The highest BCUT2D eigenvalue weighted by molar-refractivity contribution is 5.91. The second-order valence-electron chi connectivity index (χ2n) is 5.18. The van der Waals surface area contributed by atoms with E-state index in [1.807, 2.05) is 6.92 Å². The number of carboxylic acid groups (broad SMARTS) is 1. The van der Waals surface area contributed by atoms with Crippen molar-refractivity contribution in [3.63, 3.8) is 0 Å². The largest absolute Gasteiger partial charge is 0.478 e. The normalized spacial score (nSPS) is 17.4. The van der Waals surface area contributed by atoms with E-state index in [1.165, 1.54) is 6.07 Å². The lowest BCUT2D eigenvalue weighted by Crippen LogP contribution is -2.44. The van der Waals surface area contributed by atoms with Crippen LogP contribution in [0.5, 0.6) is 0 Å². The molecule has 0 bridgehead atoms. The van der Waals surface area contributed by atoms with Crippen molar-refractivity contribution in [2.24, 2.45) is 0 Å². The highest BCUT2D eigenvalue weighted by atomic mass is 19.4. The fourth-order valence-corrected chi connectivity index (χ4v) is 2.52. The van der Waals surface area contributed by atoms with Gasteiger partial charge in [-0.3, -0.25) is 0 Å². The van der Waals surface area contributed by atoms with E-state index in [0.29, 0.717) is 5.69 Å². The van der Waals surface area contributed by atoms with Crippen LogP contribution in [0.1, 0.15) is 48.5 Å². The zero-order valence-corrected chi connectivity index (χ0v) is 11.0. The Hall–Kier alpha value is -1.72. The number of hydrogen-bond acceptors (Lipinski definition) is 2. The molecule has 6 heteroatoms. The van der Waals surface area contributed by atoms with Crippen LogP contribution in [0.2, 0.25) is 0 Å². The smallest absolute Gasteiger partial charge is 0.417 e. The van der Waals surface area contributed by atoms with Crippen molar-refractivity contribution in [1.29, 1.82) is 0 Å². The van der Waals surface area contributed by atoms with Crippen LogP contribution < -0.4 is 5.32 Å². The van der Waals surface area contributed by atoms with Gasteiger partial charge in [0.15, 0.2) is 0 Å².